The van der Waals surface area contributed by atoms with Crippen molar-refractivity contribution in [3.8, 4) is 0 Å². The van der Waals surface area contributed by atoms with Gasteiger partial charge in [0, 0.05) is 6.54 Å². The van der Waals surface area contributed by atoms with Gasteiger partial charge in [-0.25, -0.2) is 0 Å². The molecule has 1 aromatic rings. The van der Waals surface area contributed by atoms with Gasteiger partial charge in [0.2, 0.25) is 0 Å². The van der Waals surface area contributed by atoms with Crippen LogP contribution in [-0.2, 0) is 0 Å². The summed E-state index contributed by atoms with van der Waals surface area (Å²) in [5, 5.41) is 0. The Hall–Kier alpha value is -0.390. The Morgan fingerprint density at radius 3 is 2.00 bits per heavy atom. The van der Waals surface area contributed by atoms with Gasteiger partial charge in [0.05, 0.1) is 16.0 Å². The maximum absolute atomic E-state index is 12.0. The molecule has 0 radical (unpaired) electrons. The van der Waals surface area contributed by atoms with Crippen molar-refractivity contribution in [2.75, 3.05) is 6.54 Å². The van der Waals surface area contributed by atoms with Gasteiger partial charge in [0.25, 0.3) is 11.8 Å². The summed E-state index contributed by atoms with van der Waals surface area (Å²) in [6.45, 7) is 0.242. The van der Waals surface area contributed by atoms with Crippen molar-refractivity contribution in [2.45, 2.75) is 9.11 Å². The third-order valence-corrected chi connectivity index (χ3v) is 5.28. The number of benzene rings is 1. The van der Waals surface area contributed by atoms with Crippen molar-refractivity contribution in [3.05, 3.63) is 35.4 Å². The van der Waals surface area contributed by atoms with E-state index >= 15 is 0 Å². The second-order valence-corrected chi connectivity index (χ2v) is 6.78. The van der Waals surface area contributed by atoms with E-state index in [9.17, 15) is 9.59 Å². The molecule has 0 fully saturated rings. The van der Waals surface area contributed by atoms with Gasteiger partial charge in [-0.1, -0.05) is 44.0 Å². The summed E-state index contributed by atoms with van der Waals surface area (Å²) >= 11 is 12.4. The van der Waals surface area contributed by atoms with Gasteiger partial charge in [0.1, 0.15) is 4.29 Å². The minimum absolute atomic E-state index is 0.189. The smallest absolute Gasteiger partial charge is 0.261 e. The molecule has 1 aromatic carbocycles. The van der Waals surface area contributed by atoms with E-state index in [1.807, 2.05) is 0 Å². The first-order chi connectivity index (χ1) is 8.02. The van der Waals surface area contributed by atoms with Gasteiger partial charge in [-0.2, -0.15) is 0 Å². The summed E-state index contributed by atoms with van der Waals surface area (Å²) in [4.78, 5) is 25.0. The molecule has 2 amide bonds. The van der Waals surface area contributed by atoms with E-state index in [-0.39, 0.29) is 27.5 Å². The van der Waals surface area contributed by atoms with E-state index < -0.39 is 0 Å². The Balaban J connectivity index is 2.25. The highest BCUT2D eigenvalue weighted by Gasteiger charge is 2.36. The standard InChI is InChI=1S/C11H8Br2ClNO2/c12-8(9(13)14)5-15-10(16)6-3-1-2-4-7(6)11(15)17/h1-4,8-9H,5H2. The summed E-state index contributed by atoms with van der Waals surface area (Å²) in [5.41, 5.74) is 0.913. The molecule has 0 bridgehead atoms. The lowest BCUT2D eigenvalue weighted by molar-refractivity contribution is 0.0657. The Kier molecular flexibility index (Phi) is 3.90. The first-order valence-corrected chi connectivity index (χ1v) is 7.16. The fraction of sp³-hybridized carbons (Fsp3) is 0.273. The monoisotopic (exact) mass is 379 g/mol. The number of carbonyl (C=O) groups excluding carboxylic acids is 2. The van der Waals surface area contributed by atoms with Crippen molar-refractivity contribution >= 4 is 55.3 Å². The lowest BCUT2D eigenvalue weighted by atomic mass is 10.1. The number of hydrogen-bond acceptors (Lipinski definition) is 2. The molecule has 3 nitrogen and oxygen atoms in total. The number of halogens is 3. The first kappa shape index (κ1) is 13.1. The molecule has 0 aromatic heterocycles. The van der Waals surface area contributed by atoms with Crippen LogP contribution < -0.4 is 0 Å². The van der Waals surface area contributed by atoms with Gasteiger partial charge in [-0.3, -0.25) is 14.5 Å². The van der Waals surface area contributed by atoms with Crippen LogP contribution in [0.4, 0.5) is 0 Å². The molecule has 0 saturated carbocycles. The van der Waals surface area contributed by atoms with Crippen LogP contribution in [0.5, 0.6) is 0 Å². The molecule has 1 aliphatic heterocycles. The highest BCUT2D eigenvalue weighted by molar-refractivity contribution is 9.12. The quantitative estimate of drug-likeness (QED) is 0.596. The average Bonchev–Trinajstić information content (AvgIpc) is 2.55. The van der Waals surface area contributed by atoms with Crippen molar-refractivity contribution in [3.63, 3.8) is 0 Å². The minimum atomic E-state index is -0.341. The zero-order chi connectivity index (χ0) is 12.6. The van der Waals surface area contributed by atoms with E-state index in [1.54, 1.807) is 24.3 Å². The number of fused-ring (bicyclic) bond motifs is 1. The molecule has 6 heteroatoms. The van der Waals surface area contributed by atoms with Gasteiger partial charge in [-0.05, 0) is 12.1 Å². The van der Waals surface area contributed by atoms with Crippen LogP contribution in [-0.4, -0.2) is 32.4 Å². The maximum atomic E-state index is 12.0. The molecule has 1 aliphatic rings. The van der Waals surface area contributed by atoms with Gasteiger partial charge in [-0.15, -0.1) is 11.6 Å². The topological polar surface area (TPSA) is 37.4 Å². The van der Waals surface area contributed by atoms with E-state index in [4.69, 9.17) is 11.6 Å². The molecule has 2 rings (SSSR count). The van der Waals surface area contributed by atoms with Crippen molar-refractivity contribution in [2.24, 2.45) is 0 Å². The van der Waals surface area contributed by atoms with Crippen LogP contribution in [0.25, 0.3) is 0 Å². The van der Waals surface area contributed by atoms with Crippen LogP contribution >= 0.6 is 43.5 Å². The molecule has 2 unspecified atom stereocenters. The number of hydrogen-bond donors (Lipinski definition) is 0. The van der Waals surface area contributed by atoms with Crippen molar-refractivity contribution < 1.29 is 9.59 Å². The van der Waals surface area contributed by atoms with Gasteiger partial charge < -0.3 is 0 Å². The molecule has 1 heterocycles. The van der Waals surface area contributed by atoms with E-state index in [2.05, 4.69) is 31.9 Å². The Bertz CT molecular complexity index is 443. The van der Waals surface area contributed by atoms with E-state index in [1.165, 1.54) is 4.90 Å². The number of nitrogens with zero attached hydrogens (tertiary/aromatic N) is 1. The van der Waals surface area contributed by atoms with E-state index in [0.29, 0.717) is 11.1 Å². The van der Waals surface area contributed by atoms with Gasteiger partial charge in [0.15, 0.2) is 0 Å². The Morgan fingerprint density at radius 2 is 1.59 bits per heavy atom. The number of alkyl halides is 3. The summed E-state index contributed by atoms with van der Waals surface area (Å²) in [7, 11) is 0. The third-order valence-electron chi connectivity index (χ3n) is 2.51. The zero-order valence-electron chi connectivity index (χ0n) is 8.57. The molecule has 0 saturated heterocycles. The molecule has 90 valence electrons. The van der Waals surface area contributed by atoms with Crippen LogP contribution in [0.1, 0.15) is 20.7 Å². The Labute approximate surface area is 120 Å². The summed E-state index contributed by atoms with van der Waals surface area (Å²) < 4.78 is -0.341. The number of rotatable bonds is 3. The van der Waals surface area contributed by atoms with Gasteiger partial charge >= 0.3 is 0 Å². The van der Waals surface area contributed by atoms with E-state index in [0.717, 1.165) is 0 Å². The highest BCUT2D eigenvalue weighted by atomic mass is 79.9. The summed E-state index contributed by atoms with van der Waals surface area (Å²) in [6, 6.07) is 6.80. The second-order valence-electron chi connectivity index (χ2n) is 3.62. The first-order valence-electron chi connectivity index (χ1n) is 4.90. The Morgan fingerprint density at radius 1 is 1.12 bits per heavy atom. The number of amides is 2. The number of carbonyl (C=O) groups is 2. The fourth-order valence-electron chi connectivity index (χ4n) is 1.66. The van der Waals surface area contributed by atoms with Crippen LogP contribution in [0.2, 0.25) is 0 Å². The maximum Gasteiger partial charge on any atom is 0.261 e. The fourth-order valence-corrected chi connectivity index (χ4v) is 2.20. The molecule has 0 N–H and O–H groups in total. The van der Waals surface area contributed by atoms with Crippen molar-refractivity contribution in [1.82, 2.24) is 4.90 Å². The van der Waals surface area contributed by atoms with Crippen molar-refractivity contribution in [1.29, 1.82) is 0 Å². The summed E-state index contributed by atoms with van der Waals surface area (Å²) in [5.74, 6) is -0.528. The highest BCUT2D eigenvalue weighted by Crippen LogP contribution is 2.26. The molecular formula is C11H8Br2ClNO2. The summed E-state index contributed by atoms with van der Waals surface area (Å²) in [6.07, 6.45) is 0. The molecule has 17 heavy (non-hydrogen) atoms. The predicted molar refractivity (Wildman–Crippen MR) is 73.1 cm³/mol. The van der Waals surface area contributed by atoms with Crippen LogP contribution in [0.3, 0.4) is 0 Å². The third kappa shape index (κ3) is 2.41. The predicted octanol–water partition coefficient (Wildman–Crippen LogP) is 3.01. The molecule has 2 atom stereocenters. The molecule has 0 aliphatic carbocycles. The number of imide groups is 1. The van der Waals surface area contributed by atoms with Crippen LogP contribution in [0, 0.1) is 0 Å². The second kappa shape index (κ2) is 5.08. The molecular weight excluding hydrogens is 373 g/mol. The lowest BCUT2D eigenvalue weighted by Crippen LogP contribution is -2.36. The average molecular weight is 381 g/mol. The minimum Gasteiger partial charge on any atom is -0.273 e. The van der Waals surface area contributed by atoms with Crippen LogP contribution in [0.15, 0.2) is 24.3 Å². The largest absolute Gasteiger partial charge is 0.273 e. The SMILES string of the molecule is O=C1c2ccccc2C(=O)N1CC(Br)C(Cl)Br. The normalized spacial score (nSPS) is 18.2. The lowest BCUT2D eigenvalue weighted by Gasteiger charge is -2.18. The molecule has 0 spiro atoms. The zero-order valence-corrected chi connectivity index (χ0v) is 12.5.